The van der Waals surface area contributed by atoms with Gasteiger partial charge >= 0.3 is 0 Å². The van der Waals surface area contributed by atoms with Crippen LogP contribution in [-0.4, -0.2) is 42.5 Å². The summed E-state index contributed by atoms with van der Waals surface area (Å²) >= 11 is 0. The molecule has 0 aliphatic carbocycles. The first-order chi connectivity index (χ1) is 7.40. The predicted octanol–water partition coefficient (Wildman–Crippen LogP) is 0.967. The van der Waals surface area contributed by atoms with Crippen LogP contribution in [0, 0.1) is 0 Å². The van der Waals surface area contributed by atoms with Gasteiger partial charge in [-0.1, -0.05) is 20.1 Å². The maximum atomic E-state index is 11.1. The van der Waals surface area contributed by atoms with Gasteiger partial charge in [-0.3, -0.25) is 14.6 Å². The van der Waals surface area contributed by atoms with Crippen LogP contribution in [0.25, 0.3) is 0 Å². The molecule has 6 heteroatoms. The van der Waals surface area contributed by atoms with Crippen LogP contribution in [0.4, 0.5) is 0 Å². The average molecular weight is 264 g/mol. The summed E-state index contributed by atoms with van der Waals surface area (Å²) in [6.07, 6.45) is 3.34. The lowest BCUT2D eigenvalue weighted by Gasteiger charge is -2.27. The first kappa shape index (κ1) is 21.0. The quantitative estimate of drug-likeness (QED) is 0.594. The average Bonchev–Trinajstić information content (AvgIpc) is 2.25. The van der Waals surface area contributed by atoms with Crippen molar-refractivity contribution < 1.29 is 9.59 Å². The summed E-state index contributed by atoms with van der Waals surface area (Å²) < 4.78 is 0. The molecule has 17 heavy (non-hydrogen) atoms. The van der Waals surface area contributed by atoms with Gasteiger partial charge in [0.05, 0.1) is 0 Å². The first-order valence-corrected chi connectivity index (χ1v) is 4.93. The summed E-state index contributed by atoms with van der Waals surface area (Å²) in [5.74, 6) is -0.526. The Hall–Kier alpha value is -1.33. The number of hydrogen-bond acceptors (Lipinski definition) is 3. The molecule has 0 heterocycles. The van der Waals surface area contributed by atoms with E-state index < -0.39 is 5.91 Å². The molecule has 0 aliphatic rings. The number of carbonyl (C=O) groups excluding carboxylic acids is 2. The third kappa shape index (κ3) is 12.6. The lowest BCUT2D eigenvalue weighted by molar-refractivity contribution is -0.139. The van der Waals surface area contributed by atoms with Crippen LogP contribution in [0.5, 0.6) is 0 Å². The second-order valence-corrected chi connectivity index (χ2v) is 3.12. The van der Waals surface area contributed by atoms with E-state index in [1.165, 1.54) is 6.08 Å². The largest absolute Gasteiger partial charge is 0.366 e. The highest BCUT2D eigenvalue weighted by Crippen LogP contribution is 1.95. The summed E-state index contributed by atoms with van der Waals surface area (Å²) in [5.41, 5.74) is 4.53. The van der Waals surface area contributed by atoms with Crippen LogP contribution in [-0.2, 0) is 9.59 Å². The van der Waals surface area contributed by atoms with E-state index in [-0.39, 0.29) is 18.3 Å². The smallest absolute Gasteiger partial charge is 0.260 e. The maximum Gasteiger partial charge on any atom is 0.260 e. The molecule has 0 atom stereocenters. The maximum absolute atomic E-state index is 11.1. The number of hydrazine groups is 1. The number of amides is 2. The third-order valence-corrected chi connectivity index (χ3v) is 1.55. The van der Waals surface area contributed by atoms with Gasteiger partial charge in [0, 0.05) is 20.6 Å². The first-order valence-electron chi connectivity index (χ1n) is 4.93. The molecule has 0 bridgehead atoms. The van der Waals surface area contributed by atoms with Crippen molar-refractivity contribution in [2.75, 3.05) is 20.6 Å². The highest BCUT2D eigenvalue weighted by Gasteiger charge is 2.09. The molecule has 0 aromatic heterocycles. The van der Waals surface area contributed by atoms with E-state index in [2.05, 4.69) is 18.9 Å². The molecule has 100 valence electrons. The van der Waals surface area contributed by atoms with Gasteiger partial charge in [0.1, 0.15) is 0 Å². The van der Waals surface area contributed by atoms with Gasteiger partial charge in [-0.15, -0.1) is 12.4 Å². The molecule has 2 amide bonds. The van der Waals surface area contributed by atoms with E-state index >= 15 is 0 Å². The summed E-state index contributed by atoms with van der Waals surface area (Å²) in [7, 11) is 3.69. The minimum atomic E-state index is -0.481. The number of nitrogens with two attached hydrogens (primary N) is 1. The van der Waals surface area contributed by atoms with E-state index in [1.54, 1.807) is 10.0 Å². The Balaban J connectivity index is -0.000000280. The molecule has 0 saturated heterocycles. The highest BCUT2D eigenvalue weighted by atomic mass is 35.5. The Kier molecular flexibility index (Phi) is 15.7. The van der Waals surface area contributed by atoms with Gasteiger partial charge < -0.3 is 5.73 Å². The van der Waals surface area contributed by atoms with Gasteiger partial charge in [-0.05, 0) is 18.6 Å². The molecule has 0 radical (unpaired) electrons. The molecule has 0 aromatic rings. The second-order valence-electron chi connectivity index (χ2n) is 3.12. The Morgan fingerprint density at radius 3 is 1.82 bits per heavy atom. The van der Waals surface area contributed by atoms with E-state index in [4.69, 9.17) is 0 Å². The molecule has 0 saturated carbocycles. The van der Waals surface area contributed by atoms with E-state index in [0.29, 0.717) is 0 Å². The fraction of sp³-hybridized carbons (Fsp3) is 0.455. The van der Waals surface area contributed by atoms with Crippen molar-refractivity contribution in [1.29, 1.82) is 0 Å². The van der Waals surface area contributed by atoms with Crippen LogP contribution in [0.15, 0.2) is 25.3 Å². The summed E-state index contributed by atoms with van der Waals surface area (Å²) in [6.45, 7) is 9.30. The minimum Gasteiger partial charge on any atom is -0.366 e. The molecule has 0 spiro atoms. The normalized spacial score (nSPS) is 8.24. The topological polar surface area (TPSA) is 66.6 Å². The molecule has 2 N–H and O–H groups in total. The number of carbonyl (C=O) groups is 2. The fourth-order valence-electron chi connectivity index (χ4n) is 0.824. The van der Waals surface area contributed by atoms with E-state index in [1.807, 2.05) is 21.0 Å². The lowest BCUT2D eigenvalue weighted by Crippen LogP contribution is -2.41. The number of primary amides is 1. The Morgan fingerprint density at radius 1 is 1.24 bits per heavy atom. The van der Waals surface area contributed by atoms with Crippen LogP contribution < -0.4 is 5.73 Å². The summed E-state index contributed by atoms with van der Waals surface area (Å²) in [6, 6.07) is 0. The molecule has 0 fully saturated rings. The van der Waals surface area contributed by atoms with Gasteiger partial charge in [0.15, 0.2) is 0 Å². The van der Waals surface area contributed by atoms with E-state index in [9.17, 15) is 9.59 Å². The SMILES string of the molecule is C=CC(=O)N(CCC)N(C)C.C=CC(N)=O.Cl. The van der Waals surface area contributed by atoms with Crippen molar-refractivity contribution >= 4 is 24.2 Å². The Labute approximate surface area is 109 Å². The summed E-state index contributed by atoms with van der Waals surface area (Å²) in [5, 5.41) is 3.42. The predicted molar refractivity (Wildman–Crippen MR) is 72.5 cm³/mol. The number of hydrogen-bond donors (Lipinski definition) is 1. The Morgan fingerprint density at radius 2 is 1.65 bits per heavy atom. The second kappa shape index (κ2) is 12.7. The fourth-order valence-corrected chi connectivity index (χ4v) is 0.824. The number of nitrogens with zero attached hydrogens (tertiary/aromatic N) is 2. The molecule has 0 unspecified atom stereocenters. The van der Waals surface area contributed by atoms with Crippen LogP contribution in [0.3, 0.4) is 0 Å². The third-order valence-electron chi connectivity index (χ3n) is 1.55. The van der Waals surface area contributed by atoms with Crippen molar-refractivity contribution in [3.63, 3.8) is 0 Å². The molecule has 0 rings (SSSR count). The molecular weight excluding hydrogens is 242 g/mol. The molecule has 0 aliphatic heterocycles. The number of halogens is 1. The lowest BCUT2D eigenvalue weighted by atomic mass is 10.4. The van der Waals surface area contributed by atoms with Crippen LogP contribution >= 0.6 is 12.4 Å². The standard InChI is InChI=1S/C8H16N2O.C3H5NO.ClH/c1-5-7-10(9(3)4)8(11)6-2;1-2-3(4)5;/h6H,2,5,7H2,1,3-4H3;2H,1H2,(H2,4,5);1H. The van der Waals surface area contributed by atoms with Crippen molar-refractivity contribution in [2.24, 2.45) is 5.73 Å². The minimum absolute atomic E-state index is 0. The van der Waals surface area contributed by atoms with Crippen LogP contribution in [0.1, 0.15) is 13.3 Å². The monoisotopic (exact) mass is 263 g/mol. The van der Waals surface area contributed by atoms with Gasteiger partial charge in [-0.2, -0.15) is 0 Å². The van der Waals surface area contributed by atoms with Crippen LogP contribution in [0.2, 0.25) is 0 Å². The molecule has 0 aromatic carbocycles. The van der Waals surface area contributed by atoms with Gasteiger partial charge in [-0.25, -0.2) is 5.01 Å². The zero-order chi connectivity index (χ0) is 13.1. The van der Waals surface area contributed by atoms with Crippen molar-refractivity contribution in [3.05, 3.63) is 25.3 Å². The highest BCUT2D eigenvalue weighted by molar-refractivity contribution is 5.86. The molecular formula is C11H22ClN3O2. The zero-order valence-electron chi connectivity index (χ0n) is 10.7. The summed E-state index contributed by atoms with van der Waals surface area (Å²) in [4.78, 5) is 20.6. The Bertz CT molecular complexity index is 255. The number of rotatable bonds is 5. The molecule has 5 nitrogen and oxygen atoms in total. The van der Waals surface area contributed by atoms with Crippen molar-refractivity contribution in [1.82, 2.24) is 10.0 Å². The van der Waals surface area contributed by atoms with Crippen molar-refractivity contribution in [3.8, 4) is 0 Å². The van der Waals surface area contributed by atoms with Crippen molar-refractivity contribution in [2.45, 2.75) is 13.3 Å². The van der Waals surface area contributed by atoms with Gasteiger partial charge in [0.25, 0.3) is 5.91 Å². The van der Waals surface area contributed by atoms with Gasteiger partial charge in [0.2, 0.25) is 5.91 Å². The zero-order valence-corrected chi connectivity index (χ0v) is 11.5. The van der Waals surface area contributed by atoms with E-state index in [0.717, 1.165) is 19.0 Å².